The zero-order valence-corrected chi connectivity index (χ0v) is 16.4. The van der Waals surface area contributed by atoms with E-state index in [1.54, 1.807) is 0 Å². The molecule has 2 aliphatic heterocycles. The molecular formula is C20H37N3O2. The quantitative estimate of drug-likeness (QED) is 0.741. The summed E-state index contributed by atoms with van der Waals surface area (Å²) in [6.45, 7) is 10.1. The first kappa shape index (κ1) is 20.2. The van der Waals surface area contributed by atoms with Crippen molar-refractivity contribution < 1.29 is 9.59 Å². The fourth-order valence-electron chi connectivity index (χ4n) is 4.25. The van der Waals surface area contributed by atoms with Gasteiger partial charge in [-0.25, -0.2) is 0 Å². The van der Waals surface area contributed by atoms with Crippen molar-refractivity contribution in [1.82, 2.24) is 15.5 Å². The van der Waals surface area contributed by atoms with E-state index in [0.29, 0.717) is 24.2 Å². The minimum Gasteiger partial charge on any atom is -0.353 e. The van der Waals surface area contributed by atoms with Crippen LogP contribution in [0, 0.1) is 17.8 Å². The highest BCUT2D eigenvalue weighted by atomic mass is 16.2. The van der Waals surface area contributed by atoms with E-state index in [1.807, 2.05) is 4.90 Å². The van der Waals surface area contributed by atoms with Gasteiger partial charge in [-0.15, -0.1) is 0 Å². The molecule has 2 aliphatic rings. The molecule has 2 N–H and O–H groups in total. The van der Waals surface area contributed by atoms with Crippen molar-refractivity contribution >= 4 is 11.8 Å². The van der Waals surface area contributed by atoms with Crippen molar-refractivity contribution in [3.63, 3.8) is 0 Å². The van der Waals surface area contributed by atoms with Crippen LogP contribution in [0.15, 0.2) is 0 Å². The molecule has 2 heterocycles. The number of hydrogen-bond acceptors (Lipinski definition) is 3. The molecule has 0 radical (unpaired) electrons. The second kappa shape index (κ2) is 10.1. The topological polar surface area (TPSA) is 61.4 Å². The van der Waals surface area contributed by atoms with E-state index >= 15 is 0 Å². The second-order valence-electron chi connectivity index (χ2n) is 7.97. The van der Waals surface area contributed by atoms with Crippen molar-refractivity contribution in [3.8, 4) is 0 Å². The largest absolute Gasteiger partial charge is 0.353 e. The molecule has 2 unspecified atom stereocenters. The fraction of sp³-hybridized carbons (Fsp3) is 0.900. The smallest absolute Gasteiger partial charge is 0.225 e. The highest BCUT2D eigenvalue weighted by molar-refractivity contribution is 5.79. The van der Waals surface area contributed by atoms with Crippen LogP contribution in [-0.4, -0.2) is 48.9 Å². The van der Waals surface area contributed by atoms with Crippen molar-refractivity contribution in [2.75, 3.05) is 26.2 Å². The summed E-state index contributed by atoms with van der Waals surface area (Å²) in [5, 5.41) is 6.64. The Balaban J connectivity index is 1.70. The van der Waals surface area contributed by atoms with Crippen molar-refractivity contribution in [1.29, 1.82) is 0 Å². The van der Waals surface area contributed by atoms with E-state index in [2.05, 4.69) is 31.4 Å². The van der Waals surface area contributed by atoms with E-state index in [1.165, 1.54) is 12.8 Å². The summed E-state index contributed by atoms with van der Waals surface area (Å²) in [6, 6.07) is 0.231. The van der Waals surface area contributed by atoms with Gasteiger partial charge in [0.25, 0.3) is 0 Å². The van der Waals surface area contributed by atoms with Crippen LogP contribution in [0.3, 0.4) is 0 Å². The molecule has 0 saturated carbocycles. The normalized spacial score (nSPS) is 23.5. The van der Waals surface area contributed by atoms with Crippen LogP contribution < -0.4 is 10.6 Å². The zero-order chi connectivity index (χ0) is 18.2. The van der Waals surface area contributed by atoms with E-state index in [9.17, 15) is 9.59 Å². The standard InChI is InChI=1S/C20H37N3O2/c1-4-16(5-2)20(25)23-11-8-18(9-12-23)22-19(24)13-15(3)17-7-6-10-21-14-17/h15-18,21H,4-14H2,1-3H3,(H,22,24). The maximum atomic E-state index is 12.4. The van der Waals surface area contributed by atoms with Gasteiger partial charge in [0.05, 0.1) is 0 Å². The third-order valence-corrected chi connectivity index (χ3v) is 6.15. The maximum Gasteiger partial charge on any atom is 0.225 e. The SMILES string of the molecule is CCC(CC)C(=O)N1CCC(NC(=O)CC(C)C2CCCNC2)CC1. The van der Waals surface area contributed by atoms with Gasteiger partial charge in [0.2, 0.25) is 11.8 Å². The molecule has 144 valence electrons. The lowest BCUT2D eigenvalue weighted by Gasteiger charge is -2.34. The number of carbonyl (C=O) groups excluding carboxylic acids is 2. The summed E-state index contributed by atoms with van der Waals surface area (Å²) in [5.74, 6) is 1.70. The Bertz CT molecular complexity index is 423. The number of likely N-dealkylation sites (tertiary alicyclic amines) is 1. The van der Waals surface area contributed by atoms with Gasteiger partial charge in [0.15, 0.2) is 0 Å². The van der Waals surface area contributed by atoms with E-state index in [-0.39, 0.29) is 17.9 Å². The number of hydrogen-bond donors (Lipinski definition) is 2. The molecule has 2 amide bonds. The number of rotatable bonds is 7. The average Bonchev–Trinajstić information content (AvgIpc) is 2.64. The van der Waals surface area contributed by atoms with E-state index in [0.717, 1.165) is 51.9 Å². The van der Waals surface area contributed by atoms with Gasteiger partial charge >= 0.3 is 0 Å². The molecule has 5 heteroatoms. The van der Waals surface area contributed by atoms with Crippen LogP contribution in [0.25, 0.3) is 0 Å². The molecule has 5 nitrogen and oxygen atoms in total. The molecule has 0 aromatic rings. The van der Waals surface area contributed by atoms with Gasteiger partial charge in [-0.05, 0) is 63.5 Å². The molecular weight excluding hydrogens is 314 g/mol. The highest BCUT2D eigenvalue weighted by Crippen LogP contribution is 2.23. The third-order valence-electron chi connectivity index (χ3n) is 6.15. The monoisotopic (exact) mass is 351 g/mol. The summed E-state index contributed by atoms with van der Waals surface area (Å²) in [4.78, 5) is 26.8. The number of piperidine rings is 2. The maximum absolute atomic E-state index is 12.4. The Morgan fingerprint density at radius 3 is 2.40 bits per heavy atom. The molecule has 0 aliphatic carbocycles. The fourth-order valence-corrected chi connectivity index (χ4v) is 4.25. The first-order chi connectivity index (χ1) is 12.0. The summed E-state index contributed by atoms with van der Waals surface area (Å²) in [6.07, 6.45) is 6.69. The van der Waals surface area contributed by atoms with Gasteiger partial charge in [-0.2, -0.15) is 0 Å². The first-order valence-corrected chi connectivity index (χ1v) is 10.3. The summed E-state index contributed by atoms with van der Waals surface area (Å²) >= 11 is 0. The van der Waals surface area contributed by atoms with Crippen LogP contribution in [0.5, 0.6) is 0 Å². The molecule has 2 fully saturated rings. The molecule has 2 rings (SSSR count). The third kappa shape index (κ3) is 5.98. The predicted molar refractivity (Wildman–Crippen MR) is 101 cm³/mol. The highest BCUT2D eigenvalue weighted by Gasteiger charge is 2.28. The zero-order valence-electron chi connectivity index (χ0n) is 16.4. The lowest BCUT2D eigenvalue weighted by atomic mass is 9.85. The molecule has 2 saturated heterocycles. The predicted octanol–water partition coefficient (Wildman–Crippen LogP) is 2.56. The van der Waals surface area contributed by atoms with Crippen LogP contribution in [-0.2, 0) is 9.59 Å². The van der Waals surface area contributed by atoms with Gasteiger partial charge in [0.1, 0.15) is 0 Å². The Kier molecular flexibility index (Phi) is 8.20. The van der Waals surface area contributed by atoms with Crippen LogP contribution >= 0.6 is 0 Å². The lowest BCUT2D eigenvalue weighted by molar-refractivity contribution is -0.137. The molecule has 25 heavy (non-hydrogen) atoms. The Hall–Kier alpha value is -1.10. The Morgan fingerprint density at radius 2 is 1.84 bits per heavy atom. The number of carbonyl (C=O) groups is 2. The van der Waals surface area contributed by atoms with E-state index in [4.69, 9.17) is 0 Å². The van der Waals surface area contributed by atoms with Gasteiger partial charge in [0, 0.05) is 31.5 Å². The van der Waals surface area contributed by atoms with Crippen molar-refractivity contribution in [2.24, 2.45) is 17.8 Å². The van der Waals surface area contributed by atoms with Crippen LogP contribution in [0.4, 0.5) is 0 Å². The number of amides is 2. The Labute approximate surface area is 153 Å². The average molecular weight is 352 g/mol. The molecule has 0 aromatic heterocycles. The minimum atomic E-state index is 0.163. The lowest BCUT2D eigenvalue weighted by Crippen LogP contribution is -2.48. The van der Waals surface area contributed by atoms with Crippen molar-refractivity contribution in [3.05, 3.63) is 0 Å². The van der Waals surface area contributed by atoms with Gasteiger partial charge in [-0.1, -0.05) is 20.8 Å². The van der Waals surface area contributed by atoms with Crippen molar-refractivity contribution in [2.45, 2.75) is 71.8 Å². The first-order valence-electron chi connectivity index (χ1n) is 10.3. The summed E-state index contributed by atoms with van der Waals surface area (Å²) in [7, 11) is 0. The molecule has 0 bridgehead atoms. The molecule has 0 spiro atoms. The number of nitrogens with zero attached hydrogens (tertiary/aromatic N) is 1. The number of nitrogens with one attached hydrogen (secondary N) is 2. The summed E-state index contributed by atoms with van der Waals surface area (Å²) < 4.78 is 0. The summed E-state index contributed by atoms with van der Waals surface area (Å²) in [5.41, 5.74) is 0. The Morgan fingerprint density at radius 1 is 1.16 bits per heavy atom. The second-order valence-corrected chi connectivity index (χ2v) is 7.97. The van der Waals surface area contributed by atoms with E-state index < -0.39 is 0 Å². The van der Waals surface area contributed by atoms with Crippen LogP contribution in [0.2, 0.25) is 0 Å². The van der Waals surface area contributed by atoms with Gasteiger partial charge < -0.3 is 15.5 Å². The van der Waals surface area contributed by atoms with Crippen LogP contribution in [0.1, 0.15) is 65.7 Å². The molecule has 0 aromatic carbocycles. The van der Waals surface area contributed by atoms with Gasteiger partial charge in [-0.3, -0.25) is 9.59 Å². The molecule has 2 atom stereocenters. The minimum absolute atomic E-state index is 0.163.